The van der Waals surface area contributed by atoms with Gasteiger partial charge in [0, 0.05) is 12.2 Å². The molecule has 29 heavy (non-hydrogen) atoms. The van der Waals surface area contributed by atoms with Gasteiger partial charge in [0.15, 0.2) is 0 Å². The van der Waals surface area contributed by atoms with E-state index in [1.54, 1.807) is 23.1 Å². The zero-order valence-electron chi connectivity index (χ0n) is 17.4. The summed E-state index contributed by atoms with van der Waals surface area (Å²) < 4.78 is 10.7. The number of fused-ring (bicyclic) bond motifs is 1. The van der Waals surface area contributed by atoms with Crippen LogP contribution in [-0.2, 0) is 11.2 Å². The highest BCUT2D eigenvalue weighted by atomic mass is 16.5. The molecule has 0 spiro atoms. The van der Waals surface area contributed by atoms with Crippen molar-refractivity contribution in [3.8, 4) is 11.5 Å². The fourth-order valence-corrected chi connectivity index (χ4v) is 3.75. The smallest absolute Gasteiger partial charge is 0.259 e. The van der Waals surface area contributed by atoms with E-state index < -0.39 is 6.04 Å². The minimum absolute atomic E-state index is 0.0918. The first kappa shape index (κ1) is 20.7. The minimum Gasteiger partial charge on any atom is -0.496 e. The van der Waals surface area contributed by atoms with Crippen molar-refractivity contribution in [3.63, 3.8) is 0 Å². The number of hydrogen-bond donors (Lipinski definition) is 1. The second-order valence-corrected chi connectivity index (χ2v) is 7.56. The number of hydrogen-bond acceptors (Lipinski definition) is 4. The lowest BCUT2D eigenvalue weighted by molar-refractivity contribution is -0.120. The normalized spacial score (nSPS) is 13.8. The third-order valence-corrected chi connectivity index (χ3v) is 5.12. The molecule has 0 fully saturated rings. The molecule has 6 heteroatoms. The van der Waals surface area contributed by atoms with Gasteiger partial charge in [0.05, 0.1) is 14.2 Å². The van der Waals surface area contributed by atoms with Gasteiger partial charge in [-0.3, -0.25) is 9.59 Å². The van der Waals surface area contributed by atoms with E-state index in [2.05, 4.69) is 5.32 Å². The lowest BCUT2D eigenvalue weighted by Gasteiger charge is -2.26. The first-order valence-electron chi connectivity index (χ1n) is 9.87. The van der Waals surface area contributed by atoms with Gasteiger partial charge >= 0.3 is 0 Å². The molecule has 0 aromatic heterocycles. The standard InChI is InChI=1S/C23H28N2O4/c1-15(2)14-17(23(27)25-13-12-16-8-5-6-9-18(16)25)24-22(26)21-19(28-3)10-7-11-20(21)29-4/h5-11,15,17H,12-14H2,1-4H3,(H,24,26)/t17-/m0/s1. The lowest BCUT2D eigenvalue weighted by Crippen LogP contribution is -2.49. The van der Waals surface area contributed by atoms with Crippen LogP contribution in [0.25, 0.3) is 0 Å². The Balaban J connectivity index is 1.87. The first-order valence-corrected chi connectivity index (χ1v) is 9.87. The van der Waals surface area contributed by atoms with Crippen LogP contribution in [0.4, 0.5) is 5.69 Å². The van der Waals surface area contributed by atoms with E-state index >= 15 is 0 Å². The van der Waals surface area contributed by atoms with Crippen LogP contribution in [-0.4, -0.2) is 38.6 Å². The Morgan fingerprint density at radius 2 is 1.69 bits per heavy atom. The Kier molecular flexibility index (Phi) is 6.42. The fourth-order valence-electron chi connectivity index (χ4n) is 3.75. The van der Waals surface area contributed by atoms with E-state index in [4.69, 9.17) is 9.47 Å². The van der Waals surface area contributed by atoms with Crippen LogP contribution in [0, 0.1) is 5.92 Å². The number of carbonyl (C=O) groups excluding carboxylic acids is 2. The third kappa shape index (κ3) is 4.36. The van der Waals surface area contributed by atoms with Gasteiger partial charge < -0.3 is 19.7 Å². The van der Waals surface area contributed by atoms with Crippen LogP contribution >= 0.6 is 0 Å². The molecule has 6 nitrogen and oxygen atoms in total. The highest BCUT2D eigenvalue weighted by molar-refractivity contribution is 6.05. The van der Waals surface area contributed by atoms with E-state index in [0.29, 0.717) is 30.0 Å². The number of methoxy groups -OCH3 is 2. The average Bonchev–Trinajstić information content (AvgIpc) is 3.15. The number of para-hydroxylation sites is 1. The van der Waals surface area contributed by atoms with E-state index in [9.17, 15) is 9.59 Å². The molecule has 1 atom stereocenters. The van der Waals surface area contributed by atoms with Crippen molar-refractivity contribution in [3.05, 3.63) is 53.6 Å². The monoisotopic (exact) mass is 396 g/mol. The summed E-state index contributed by atoms with van der Waals surface area (Å²) in [6.07, 6.45) is 1.37. The molecule has 0 saturated carbocycles. The van der Waals surface area contributed by atoms with Crippen molar-refractivity contribution in [2.45, 2.75) is 32.7 Å². The topological polar surface area (TPSA) is 67.9 Å². The Labute approximate surface area is 171 Å². The van der Waals surface area contributed by atoms with Crippen LogP contribution in [0.5, 0.6) is 11.5 Å². The number of benzene rings is 2. The second kappa shape index (κ2) is 8.99. The summed E-state index contributed by atoms with van der Waals surface area (Å²) in [4.78, 5) is 28.3. The lowest BCUT2D eigenvalue weighted by atomic mass is 10.0. The quantitative estimate of drug-likeness (QED) is 0.779. The number of anilines is 1. The fraction of sp³-hybridized carbons (Fsp3) is 0.391. The molecule has 0 radical (unpaired) electrons. The van der Waals surface area contributed by atoms with Crippen LogP contribution < -0.4 is 19.7 Å². The zero-order valence-corrected chi connectivity index (χ0v) is 17.4. The number of ether oxygens (including phenoxy) is 2. The van der Waals surface area contributed by atoms with Crippen molar-refractivity contribution in [2.75, 3.05) is 25.7 Å². The molecule has 2 amide bonds. The predicted molar refractivity (Wildman–Crippen MR) is 113 cm³/mol. The molecule has 2 aromatic carbocycles. The highest BCUT2D eigenvalue weighted by Crippen LogP contribution is 2.30. The molecular formula is C23H28N2O4. The van der Waals surface area contributed by atoms with E-state index in [1.807, 2.05) is 38.1 Å². The molecule has 0 saturated heterocycles. The summed E-state index contributed by atoms with van der Waals surface area (Å²) in [5.41, 5.74) is 2.37. The molecule has 154 valence electrons. The van der Waals surface area contributed by atoms with Crippen molar-refractivity contribution >= 4 is 17.5 Å². The highest BCUT2D eigenvalue weighted by Gasteiger charge is 2.32. The van der Waals surface area contributed by atoms with Crippen molar-refractivity contribution < 1.29 is 19.1 Å². The van der Waals surface area contributed by atoms with Crippen LogP contribution in [0.2, 0.25) is 0 Å². The van der Waals surface area contributed by atoms with E-state index in [0.717, 1.165) is 17.7 Å². The first-order chi connectivity index (χ1) is 14.0. The summed E-state index contributed by atoms with van der Waals surface area (Å²) in [6.45, 7) is 4.70. The van der Waals surface area contributed by atoms with Crippen molar-refractivity contribution in [1.29, 1.82) is 0 Å². The SMILES string of the molecule is COc1cccc(OC)c1C(=O)N[C@@H](CC(C)C)C(=O)N1CCc2ccccc21. The van der Waals surface area contributed by atoms with Crippen LogP contribution in [0.3, 0.4) is 0 Å². The van der Waals surface area contributed by atoms with Gasteiger partial charge in [0.1, 0.15) is 23.1 Å². The number of rotatable bonds is 7. The van der Waals surface area contributed by atoms with Crippen molar-refractivity contribution in [1.82, 2.24) is 5.32 Å². The van der Waals surface area contributed by atoms with Gasteiger partial charge in [-0.25, -0.2) is 0 Å². The molecule has 0 aliphatic carbocycles. The Bertz CT molecular complexity index is 872. The Morgan fingerprint density at radius 3 is 2.31 bits per heavy atom. The number of nitrogens with zero attached hydrogens (tertiary/aromatic N) is 1. The second-order valence-electron chi connectivity index (χ2n) is 7.56. The van der Waals surface area contributed by atoms with Gasteiger partial charge in [0.25, 0.3) is 5.91 Å². The van der Waals surface area contributed by atoms with Gasteiger partial charge in [0.2, 0.25) is 5.91 Å². The summed E-state index contributed by atoms with van der Waals surface area (Å²) >= 11 is 0. The molecule has 1 heterocycles. The summed E-state index contributed by atoms with van der Waals surface area (Å²) in [5.74, 6) is 0.575. The molecule has 1 aliphatic heterocycles. The number of carbonyl (C=O) groups is 2. The van der Waals surface area contributed by atoms with Gasteiger partial charge in [-0.15, -0.1) is 0 Å². The summed E-state index contributed by atoms with van der Waals surface area (Å²) in [6, 6.07) is 12.4. The molecule has 0 bridgehead atoms. The maximum Gasteiger partial charge on any atom is 0.259 e. The summed E-state index contributed by atoms with van der Waals surface area (Å²) in [7, 11) is 3.01. The molecule has 3 rings (SSSR count). The predicted octanol–water partition coefficient (Wildman–Crippen LogP) is 3.44. The molecule has 2 aromatic rings. The minimum atomic E-state index is -0.636. The van der Waals surface area contributed by atoms with Crippen LogP contribution in [0.1, 0.15) is 36.2 Å². The Hall–Kier alpha value is -3.02. The van der Waals surface area contributed by atoms with Crippen LogP contribution in [0.15, 0.2) is 42.5 Å². The van der Waals surface area contributed by atoms with E-state index in [-0.39, 0.29) is 17.7 Å². The van der Waals surface area contributed by atoms with Crippen molar-refractivity contribution in [2.24, 2.45) is 5.92 Å². The van der Waals surface area contributed by atoms with Gasteiger partial charge in [-0.05, 0) is 42.5 Å². The maximum absolute atomic E-state index is 13.4. The van der Waals surface area contributed by atoms with E-state index in [1.165, 1.54) is 14.2 Å². The van der Waals surface area contributed by atoms with Gasteiger partial charge in [-0.2, -0.15) is 0 Å². The Morgan fingerprint density at radius 1 is 1.03 bits per heavy atom. The number of amides is 2. The maximum atomic E-state index is 13.4. The van der Waals surface area contributed by atoms with Gasteiger partial charge in [-0.1, -0.05) is 38.1 Å². The molecule has 1 aliphatic rings. The molecular weight excluding hydrogens is 368 g/mol. The summed E-state index contributed by atoms with van der Waals surface area (Å²) in [5, 5.41) is 2.93. The number of nitrogens with one attached hydrogen (secondary N) is 1. The molecule has 0 unspecified atom stereocenters. The largest absolute Gasteiger partial charge is 0.496 e. The third-order valence-electron chi connectivity index (χ3n) is 5.12. The molecule has 1 N–H and O–H groups in total. The average molecular weight is 396 g/mol. The zero-order chi connectivity index (χ0) is 21.0.